The average Bonchev–Trinajstić information content (AvgIpc) is 3.50. The molecule has 1 aliphatic carbocycles. The zero-order valence-corrected chi connectivity index (χ0v) is 26.8. The van der Waals surface area contributed by atoms with Gasteiger partial charge in [-0.3, -0.25) is 0 Å². The Kier molecular flexibility index (Phi) is 11.2. The standard InChI is InChI=1S/C39H51Si/c1-6-10-14-32-19-25-35(26-20-32)40(39-18-13-17-38(39)31(5)9-4,36-27-21-33(22-28-36)15-11-7-2)37-29-23-34(24-30-37)16-12-8-3/h13,17-31H,6-12,14-16H2,1-5H3. The van der Waals surface area contributed by atoms with Crippen molar-refractivity contribution in [2.24, 2.45) is 5.92 Å². The van der Waals surface area contributed by atoms with Gasteiger partial charge in [0.2, 0.25) is 0 Å². The molecule has 1 atom stereocenters. The van der Waals surface area contributed by atoms with E-state index >= 15 is 0 Å². The maximum atomic E-state index is 2.49. The van der Waals surface area contributed by atoms with Crippen LogP contribution in [0.2, 0.25) is 0 Å². The highest BCUT2D eigenvalue weighted by atomic mass is 28.3. The summed E-state index contributed by atoms with van der Waals surface area (Å²) in [7, 11) is -2.53. The molecule has 0 saturated carbocycles. The van der Waals surface area contributed by atoms with E-state index in [1.807, 2.05) is 0 Å². The largest absolute Gasteiger partial charge is 0.163 e. The monoisotopic (exact) mass is 547 g/mol. The minimum Gasteiger partial charge on any atom is -0.0750 e. The molecule has 3 aromatic rings. The molecule has 0 bridgehead atoms. The van der Waals surface area contributed by atoms with Crippen molar-refractivity contribution >= 4 is 23.6 Å². The summed E-state index contributed by atoms with van der Waals surface area (Å²) < 4.78 is 0. The third-order valence-electron chi connectivity index (χ3n) is 9.01. The molecule has 1 radical (unpaired) electrons. The summed E-state index contributed by atoms with van der Waals surface area (Å²) in [5.74, 6) is 0.536. The summed E-state index contributed by atoms with van der Waals surface area (Å²) in [6, 6.07) is 29.4. The maximum absolute atomic E-state index is 2.53. The molecule has 1 unspecified atom stereocenters. The molecule has 0 aliphatic heterocycles. The van der Waals surface area contributed by atoms with Gasteiger partial charge in [0.1, 0.15) is 0 Å². The van der Waals surface area contributed by atoms with Gasteiger partial charge in [0.15, 0.2) is 8.07 Å². The van der Waals surface area contributed by atoms with Gasteiger partial charge in [-0.1, -0.05) is 150 Å². The summed E-state index contributed by atoms with van der Waals surface area (Å²) in [5.41, 5.74) is 7.49. The van der Waals surface area contributed by atoms with Crippen LogP contribution < -0.4 is 15.6 Å². The van der Waals surface area contributed by atoms with Crippen LogP contribution >= 0.6 is 0 Å². The van der Waals surface area contributed by atoms with Gasteiger partial charge in [0.05, 0.1) is 0 Å². The van der Waals surface area contributed by atoms with Crippen LogP contribution in [0.25, 0.3) is 0 Å². The van der Waals surface area contributed by atoms with Crippen molar-refractivity contribution in [3.8, 4) is 0 Å². The van der Waals surface area contributed by atoms with Gasteiger partial charge in [0, 0.05) is 5.54 Å². The van der Waals surface area contributed by atoms with Crippen molar-refractivity contribution < 1.29 is 0 Å². The molecule has 1 heteroatoms. The van der Waals surface area contributed by atoms with E-state index in [4.69, 9.17) is 0 Å². The van der Waals surface area contributed by atoms with Gasteiger partial charge >= 0.3 is 0 Å². The van der Waals surface area contributed by atoms with Gasteiger partial charge in [-0.15, -0.1) is 0 Å². The molecule has 0 N–H and O–H groups in total. The van der Waals surface area contributed by atoms with Crippen LogP contribution in [0.5, 0.6) is 0 Å². The lowest BCUT2D eigenvalue weighted by Crippen LogP contribution is -2.71. The van der Waals surface area contributed by atoms with Gasteiger partial charge in [0.25, 0.3) is 0 Å². The van der Waals surface area contributed by atoms with E-state index in [1.165, 1.54) is 76.3 Å². The van der Waals surface area contributed by atoms with Gasteiger partial charge in [-0.25, -0.2) is 0 Å². The number of hydrogen-bond donors (Lipinski definition) is 0. The van der Waals surface area contributed by atoms with E-state index in [-0.39, 0.29) is 0 Å². The average molecular weight is 548 g/mol. The molecule has 40 heavy (non-hydrogen) atoms. The number of unbranched alkanes of at least 4 members (excludes halogenated alkanes) is 3. The van der Waals surface area contributed by atoms with Crippen LogP contribution in [-0.2, 0) is 19.3 Å². The fourth-order valence-electron chi connectivity index (χ4n) is 6.30. The third-order valence-corrected chi connectivity index (χ3v) is 13.9. The highest BCUT2D eigenvalue weighted by Crippen LogP contribution is 2.37. The van der Waals surface area contributed by atoms with Crippen molar-refractivity contribution in [2.75, 3.05) is 0 Å². The van der Waals surface area contributed by atoms with Crippen LogP contribution in [0, 0.1) is 11.5 Å². The number of rotatable bonds is 15. The van der Waals surface area contributed by atoms with Crippen molar-refractivity contribution in [1.82, 2.24) is 0 Å². The van der Waals surface area contributed by atoms with Gasteiger partial charge < -0.3 is 0 Å². The minimum atomic E-state index is -2.53. The Morgan fingerprint density at radius 3 is 1.25 bits per heavy atom. The van der Waals surface area contributed by atoms with Crippen LogP contribution in [-0.4, -0.2) is 8.07 Å². The van der Waals surface area contributed by atoms with Crippen molar-refractivity contribution in [1.29, 1.82) is 0 Å². The Balaban J connectivity index is 1.93. The fourth-order valence-corrected chi connectivity index (χ4v) is 11.3. The van der Waals surface area contributed by atoms with Crippen molar-refractivity contribution in [3.05, 3.63) is 119 Å². The second kappa shape index (κ2) is 14.8. The molecule has 3 aromatic carbocycles. The molecule has 0 fully saturated rings. The first-order valence-corrected chi connectivity index (χ1v) is 18.1. The first kappa shape index (κ1) is 30.3. The molecule has 0 heterocycles. The van der Waals surface area contributed by atoms with E-state index in [1.54, 1.807) is 5.54 Å². The van der Waals surface area contributed by atoms with E-state index in [9.17, 15) is 0 Å². The molecular formula is C39H51Si. The SMILES string of the molecule is CCCCc1ccc([Si]([C]2C=CC=C2C(C)CC)(c2ccc(CCCC)cc2)c2ccc(CCCC)cc2)cc1. The topological polar surface area (TPSA) is 0 Å². The summed E-state index contributed by atoms with van der Waals surface area (Å²) in [6.45, 7) is 11.6. The van der Waals surface area contributed by atoms with E-state index in [0.717, 1.165) is 25.7 Å². The number of allylic oxidation sites excluding steroid dienone is 4. The Morgan fingerprint density at radius 1 is 0.550 bits per heavy atom. The smallest absolute Gasteiger partial charge is 0.0750 e. The van der Waals surface area contributed by atoms with Crippen LogP contribution in [0.4, 0.5) is 0 Å². The lowest BCUT2D eigenvalue weighted by molar-refractivity contribution is 0.661. The molecule has 0 spiro atoms. The highest BCUT2D eigenvalue weighted by Gasteiger charge is 2.48. The number of hydrogen-bond acceptors (Lipinski definition) is 0. The second-order valence-electron chi connectivity index (χ2n) is 11.9. The minimum absolute atomic E-state index is 0.536. The van der Waals surface area contributed by atoms with E-state index < -0.39 is 8.07 Å². The normalized spacial score (nSPS) is 14.5. The van der Waals surface area contributed by atoms with E-state index in [0.29, 0.717) is 5.92 Å². The zero-order chi connectivity index (χ0) is 28.4. The lowest BCUT2D eigenvalue weighted by Gasteiger charge is -2.40. The summed E-state index contributed by atoms with van der Waals surface area (Å²) in [5, 5.41) is 4.52. The Labute approximate surface area is 246 Å². The Bertz CT molecular complexity index is 1100. The highest BCUT2D eigenvalue weighted by molar-refractivity contribution is 7.16. The van der Waals surface area contributed by atoms with Gasteiger partial charge in [-0.2, -0.15) is 0 Å². The predicted molar refractivity (Wildman–Crippen MR) is 180 cm³/mol. The molecule has 0 amide bonds. The molecule has 1 aliphatic rings. The van der Waals surface area contributed by atoms with Crippen molar-refractivity contribution in [3.63, 3.8) is 0 Å². The van der Waals surface area contributed by atoms with Crippen LogP contribution in [0.3, 0.4) is 0 Å². The molecule has 0 nitrogen and oxygen atoms in total. The Hall–Kier alpha value is -2.64. The Morgan fingerprint density at radius 2 is 0.925 bits per heavy atom. The third kappa shape index (κ3) is 6.63. The van der Waals surface area contributed by atoms with Gasteiger partial charge in [-0.05, 0) is 83.1 Å². The quantitative estimate of drug-likeness (QED) is 0.132. The maximum Gasteiger partial charge on any atom is 0.163 e. The molecule has 0 aromatic heterocycles. The molecule has 0 saturated heterocycles. The van der Waals surface area contributed by atoms with Crippen molar-refractivity contribution in [2.45, 2.75) is 98.8 Å². The van der Waals surface area contributed by atoms with Crippen LogP contribution in [0.15, 0.2) is 96.6 Å². The van der Waals surface area contributed by atoms with E-state index in [2.05, 4.69) is 126 Å². The summed E-state index contributed by atoms with van der Waals surface area (Å²) in [4.78, 5) is 0. The zero-order valence-electron chi connectivity index (χ0n) is 25.8. The second-order valence-corrected chi connectivity index (χ2v) is 15.6. The summed E-state index contributed by atoms with van der Waals surface area (Å²) in [6.07, 6.45) is 19.3. The number of benzene rings is 3. The lowest BCUT2D eigenvalue weighted by atomic mass is 9.97. The number of aryl methyl sites for hydroxylation is 3. The van der Waals surface area contributed by atoms with Crippen LogP contribution in [0.1, 0.15) is 96.3 Å². The first-order chi connectivity index (χ1) is 19.6. The molecule has 211 valence electrons. The predicted octanol–water partition coefficient (Wildman–Crippen LogP) is 8.84. The molecule has 4 rings (SSSR count). The summed E-state index contributed by atoms with van der Waals surface area (Å²) >= 11 is 0. The first-order valence-electron chi connectivity index (χ1n) is 16.1. The molecular weight excluding hydrogens is 497 g/mol. The fraction of sp³-hybridized carbons (Fsp3) is 0.410.